The second-order valence-electron chi connectivity index (χ2n) is 5.81. The highest BCUT2D eigenvalue weighted by Gasteiger charge is 2.14. The van der Waals surface area contributed by atoms with Crippen molar-refractivity contribution in [2.45, 2.75) is 0 Å². The minimum absolute atomic E-state index is 0.300. The largest absolute Gasteiger partial charge is 0.455 e. The molecule has 2 nitrogen and oxygen atoms in total. The van der Waals surface area contributed by atoms with Crippen molar-refractivity contribution in [3.8, 4) is 11.3 Å². The number of para-hydroxylation sites is 1. The van der Waals surface area contributed by atoms with Crippen LogP contribution in [0.1, 0.15) is 0 Å². The van der Waals surface area contributed by atoms with Gasteiger partial charge < -0.3 is 4.42 Å². The Morgan fingerprint density at radius 3 is 2.62 bits per heavy atom. The van der Waals surface area contributed by atoms with Crippen molar-refractivity contribution < 1.29 is 8.81 Å². The van der Waals surface area contributed by atoms with Gasteiger partial charge in [0.2, 0.25) is 0 Å². The lowest BCUT2D eigenvalue weighted by Crippen LogP contribution is -1.86. The van der Waals surface area contributed by atoms with Crippen LogP contribution < -0.4 is 0 Å². The smallest absolute Gasteiger partial charge is 0.144 e. The Kier molecular flexibility index (Phi) is 2.71. The molecule has 0 radical (unpaired) electrons. The lowest BCUT2D eigenvalue weighted by atomic mass is 10.0. The number of halogens is 1. The van der Waals surface area contributed by atoms with Crippen molar-refractivity contribution in [2.75, 3.05) is 0 Å². The number of pyridine rings is 1. The zero-order valence-corrected chi connectivity index (χ0v) is 12.7. The van der Waals surface area contributed by atoms with E-state index in [1.807, 2.05) is 36.4 Å². The molecule has 0 unspecified atom stereocenters. The molecule has 2 aromatic heterocycles. The molecule has 0 saturated heterocycles. The van der Waals surface area contributed by atoms with E-state index in [0.29, 0.717) is 5.58 Å². The topological polar surface area (TPSA) is 26.0 Å². The number of fused-ring (bicyclic) bond motifs is 4. The molecule has 0 aliphatic heterocycles. The predicted octanol–water partition coefficient (Wildman–Crippen LogP) is 5.94. The molecule has 24 heavy (non-hydrogen) atoms. The fourth-order valence-corrected chi connectivity index (χ4v) is 3.29. The summed E-state index contributed by atoms with van der Waals surface area (Å²) in [4.78, 5) is 4.58. The summed E-state index contributed by atoms with van der Waals surface area (Å²) in [7, 11) is 0. The Labute approximate surface area is 137 Å². The van der Waals surface area contributed by atoms with Gasteiger partial charge in [-0.3, -0.25) is 4.98 Å². The van der Waals surface area contributed by atoms with E-state index in [1.165, 1.54) is 12.1 Å². The summed E-state index contributed by atoms with van der Waals surface area (Å²) in [6.07, 6.45) is 1.80. The lowest BCUT2D eigenvalue weighted by Gasteiger charge is -2.06. The maximum atomic E-state index is 13.5. The zero-order valence-electron chi connectivity index (χ0n) is 12.7. The van der Waals surface area contributed by atoms with E-state index in [-0.39, 0.29) is 5.82 Å². The second kappa shape index (κ2) is 4.90. The molecular formula is C21H12FNO. The van der Waals surface area contributed by atoms with Crippen molar-refractivity contribution in [3.05, 3.63) is 78.7 Å². The molecule has 114 valence electrons. The van der Waals surface area contributed by atoms with Gasteiger partial charge in [0, 0.05) is 34.0 Å². The van der Waals surface area contributed by atoms with Crippen LogP contribution in [0.2, 0.25) is 0 Å². The predicted molar refractivity (Wildman–Crippen MR) is 94.4 cm³/mol. The van der Waals surface area contributed by atoms with Gasteiger partial charge in [0.05, 0.1) is 5.69 Å². The van der Waals surface area contributed by atoms with Gasteiger partial charge in [0.25, 0.3) is 0 Å². The number of aromatic nitrogens is 1. The monoisotopic (exact) mass is 313 g/mol. The van der Waals surface area contributed by atoms with Crippen LogP contribution in [0.4, 0.5) is 4.39 Å². The van der Waals surface area contributed by atoms with Crippen LogP contribution >= 0.6 is 0 Å². The van der Waals surface area contributed by atoms with Crippen molar-refractivity contribution in [1.82, 2.24) is 4.98 Å². The molecular weight excluding hydrogens is 301 g/mol. The summed E-state index contributed by atoms with van der Waals surface area (Å²) in [6.45, 7) is 0. The third-order valence-corrected chi connectivity index (χ3v) is 4.39. The highest BCUT2D eigenvalue weighted by molar-refractivity contribution is 6.11. The Morgan fingerprint density at radius 2 is 1.67 bits per heavy atom. The summed E-state index contributed by atoms with van der Waals surface area (Å²) in [5.74, 6) is -0.300. The molecule has 2 heterocycles. The van der Waals surface area contributed by atoms with Crippen LogP contribution in [0.25, 0.3) is 44.0 Å². The molecule has 5 aromatic rings. The number of nitrogens with zero attached hydrogens (tertiary/aromatic N) is 1. The Balaban J connectivity index is 1.91. The number of rotatable bonds is 1. The van der Waals surface area contributed by atoms with E-state index in [1.54, 1.807) is 12.3 Å². The van der Waals surface area contributed by atoms with E-state index < -0.39 is 0 Å². The number of hydrogen-bond donors (Lipinski definition) is 0. The first kappa shape index (κ1) is 13.3. The van der Waals surface area contributed by atoms with Crippen LogP contribution in [0.3, 0.4) is 0 Å². The van der Waals surface area contributed by atoms with Crippen molar-refractivity contribution in [3.63, 3.8) is 0 Å². The van der Waals surface area contributed by atoms with Crippen molar-refractivity contribution in [2.24, 2.45) is 0 Å². The molecule has 0 bridgehead atoms. The van der Waals surface area contributed by atoms with Gasteiger partial charge in [0.1, 0.15) is 17.0 Å². The van der Waals surface area contributed by atoms with Gasteiger partial charge in [0.15, 0.2) is 0 Å². The summed E-state index contributed by atoms with van der Waals surface area (Å²) < 4.78 is 19.5. The van der Waals surface area contributed by atoms with Gasteiger partial charge in [-0.05, 0) is 29.7 Å². The highest BCUT2D eigenvalue weighted by atomic mass is 19.1. The molecule has 0 aliphatic rings. The van der Waals surface area contributed by atoms with E-state index in [0.717, 1.165) is 38.4 Å². The van der Waals surface area contributed by atoms with Gasteiger partial charge in [-0.15, -0.1) is 0 Å². The average molecular weight is 313 g/mol. The van der Waals surface area contributed by atoms with Crippen LogP contribution in [0.15, 0.2) is 77.3 Å². The number of benzene rings is 3. The number of hydrogen-bond acceptors (Lipinski definition) is 2. The SMILES string of the molecule is Fc1ccc2c(c1)oc1c(-c3nccc4ccccc34)cccc12. The Morgan fingerprint density at radius 1 is 0.792 bits per heavy atom. The molecule has 0 fully saturated rings. The molecule has 3 aromatic carbocycles. The minimum Gasteiger partial charge on any atom is -0.455 e. The summed E-state index contributed by atoms with van der Waals surface area (Å²) in [6, 6.07) is 20.7. The molecule has 0 aliphatic carbocycles. The zero-order chi connectivity index (χ0) is 16.1. The molecule has 0 N–H and O–H groups in total. The van der Waals surface area contributed by atoms with E-state index in [2.05, 4.69) is 17.1 Å². The Hall–Kier alpha value is -3.20. The van der Waals surface area contributed by atoms with Crippen molar-refractivity contribution in [1.29, 1.82) is 0 Å². The third kappa shape index (κ3) is 1.85. The highest BCUT2D eigenvalue weighted by Crippen LogP contribution is 2.37. The maximum absolute atomic E-state index is 13.5. The number of furan rings is 1. The van der Waals surface area contributed by atoms with E-state index >= 15 is 0 Å². The standard InChI is InChI=1S/C21H12FNO/c22-14-8-9-16-17-6-3-7-18(21(17)24-19(16)12-14)20-15-5-2-1-4-13(15)10-11-23-20/h1-12H. The maximum Gasteiger partial charge on any atom is 0.144 e. The third-order valence-electron chi connectivity index (χ3n) is 4.39. The first-order valence-corrected chi connectivity index (χ1v) is 7.76. The Bertz CT molecular complexity index is 1220. The second-order valence-corrected chi connectivity index (χ2v) is 5.81. The minimum atomic E-state index is -0.300. The summed E-state index contributed by atoms with van der Waals surface area (Å²) in [5.41, 5.74) is 3.08. The van der Waals surface area contributed by atoms with Crippen LogP contribution in [-0.2, 0) is 0 Å². The molecule has 0 saturated carbocycles. The summed E-state index contributed by atoms with van der Waals surface area (Å²) >= 11 is 0. The first-order valence-electron chi connectivity index (χ1n) is 7.76. The van der Waals surface area contributed by atoms with Gasteiger partial charge in [-0.25, -0.2) is 4.39 Å². The van der Waals surface area contributed by atoms with Crippen LogP contribution in [-0.4, -0.2) is 4.98 Å². The first-order chi connectivity index (χ1) is 11.8. The van der Waals surface area contributed by atoms with Crippen molar-refractivity contribution >= 4 is 32.7 Å². The normalized spacial score (nSPS) is 11.5. The molecule has 5 rings (SSSR count). The fraction of sp³-hybridized carbons (Fsp3) is 0. The van der Waals surface area contributed by atoms with Gasteiger partial charge in [-0.1, -0.05) is 36.4 Å². The van der Waals surface area contributed by atoms with E-state index in [9.17, 15) is 4.39 Å². The fourth-order valence-electron chi connectivity index (χ4n) is 3.29. The van der Waals surface area contributed by atoms with Crippen LogP contribution in [0, 0.1) is 5.82 Å². The average Bonchev–Trinajstić information content (AvgIpc) is 2.98. The molecule has 0 atom stereocenters. The summed E-state index contributed by atoms with van der Waals surface area (Å²) in [5, 5.41) is 4.08. The molecule has 0 amide bonds. The lowest BCUT2D eigenvalue weighted by molar-refractivity contribution is 0.618. The molecule has 3 heteroatoms. The quantitative estimate of drug-likeness (QED) is 0.383. The van der Waals surface area contributed by atoms with Gasteiger partial charge in [-0.2, -0.15) is 0 Å². The van der Waals surface area contributed by atoms with E-state index in [4.69, 9.17) is 4.42 Å². The molecule has 0 spiro atoms. The van der Waals surface area contributed by atoms with Gasteiger partial charge >= 0.3 is 0 Å². The van der Waals surface area contributed by atoms with Crippen LogP contribution in [0.5, 0.6) is 0 Å².